The van der Waals surface area contributed by atoms with Gasteiger partial charge in [-0.05, 0) is 42.5 Å². The number of benzene rings is 2. The van der Waals surface area contributed by atoms with Crippen molar-refractivity contribution in [1.29, 1.82) is 0 Å². The van der Waals surface area contributed by atoms with Crippen molar-refractivity contribution < 1.29 is 30.8 Å². The maximum atomic E-state index is 12.9. The molecular formula is C19H14ClF3N2O5S. The van der Waals surface area contributed by atoms with Crippen LogP contribution >= 0.6 is 11.6 Å². The van der Waals surface area contributed by atoms with Crippen molar-refractivity contribution in [2.24, 2.45) is 0 Å². The smallest absolute Gasteiger partial charge is 0.417 e. The molecule has 0 fully saturated rings. The van der Waals surface area contributed by atoms with Crippen LogP contribution in [0.4, 0.5) is 18.9 Å². The zero-order valence-corrected chi connectivity index (χ0v) is 17.3. The Morgan fingerprint density at radius 3 is 2.52 bits per heavy atom. The number of fused-ring (bicyclic) bond motifs is 1. The molecular weight excluding hydrogens is 461 g/mol. The summed E-state index contributed by atoms with van der Waals surface area (Å²) < 4.78 is 70.0. The number of likely N-dealkylation sites (N-methyl/N-ethyl adjacent to an activating group) is 1. The zero-order chi connectivity index (χ0) is 23.0. The Hall–Kier alpha value is -2.89. The van der Waals surface area contributed by atoms with Crippen LogP contribution in [0.5, 0.6) is 0 Å². The lowest BCUT2D eigenvalue weighted by atomic mass is 10.2. The number of anilines is 1. The van der Waals surface area contributed by atoms with Crippen LogP contribution in [0.15, 0.2) is 62.6 Å². The average molecular weight is 475 g/mol. The summed E-state index contributed by atoms with van der Waals surface area (Å²) in [5.41, 5.74) is -1.72. The van der Waals surface area contributed by atoms with Gasteiger partial charge in [0.15, 0.2) is 0 Å². The van der Waals surface area contributed by atoms with Gasteiger partial charge in [-0.1, -0.05) is 11.6 Å². The minimum Gasteiger partial charge on any atom is -0.423 e. The highest BCUT2D eigenvalue weighted by Gasteiger charge is 2.33. The third-order valence-corrected chi connectivity index (χ3v) is 6.35. The normalized spacial score (nSPS) is 12.3. The van der Waals surface area contributed by atoms with E-state index in [-0.39, 0.29) is 16.2 Å². The number of carbonyl (C=O) groups is 1. The van der Waals surface area contributed by atoms with Gasteiger partial charge < -0.3 is 9.73 Å². The Balaban J connectivity index is 1.77. The number of hydrogen-bond donors (Lipinski definition) is 1. The first kappa shape index (κ1) is 22.8. The lowest BCUT2D eigenvalue weighted by Crippen LogP contribution is -2.35. The summed E-state index contributed by atoms with van der Waals surface area (Å²) in [4.78, 5) is 23.3. The van der Waals surface area contributed by atoms with Crippen molar-refractivity contribution in [3.05, 3.63) is 69.5 Å². The molecule has 2 aromatic carbocycles. The summed E-state index contributed by atoms with van der Waals surface area (Å²) >= 11 is 5.54. The second kappa shape index (κ2) is 8.33. The maximum absolute atomic E-state index is 12.9. The van der Waals surface area contributed by atoms with E-state index in [1.165, 1.54) is 30.3 Å². The van der Waals surface area contributed by atoms with Crippen LogP contribution < -0.4 is 10.9 Å². The molecule has 1 aromatic heterocycles. The maximum Gasteiger partial charge on any atom is 0.417 e. The topological polar surface area (TPSA) is 96.7 Å². The Kier molecular flexibility index (Phi) is 6.12. The summed E-state index contributed by atoms with van der Waals surface area (Å²) in [6.45, 7) is -0.659. The van der Waals surface area contributed by atoms with Gasteiger partial charge in [-0.3, -0.25) is 4.79 Å². The number of hydrogen-bond acceptors (Lipinski definition) is 5. The van der Waals surface area contributed by atoms with Gasteiger partial charge >= 0.3 is 11.8 Å². The number of halogens is 4. The molecule has 0 saturated heterocycles. The molecule has 3 aromatic rings. The molecule has 0 unspecified atom stereocenters. The number of rotatable bonds is 5. The van der Waals surface area contributed by atoms with E-state index < -0.39 is 44.9 Å². The van der Waals surface area contributed by atoms with E-state index in [2.05, 4.69) is 5.32 Å². The molecule has 0 aliphatic rings. The van der Waals surface area contributed by atoms with Crippen LogP contribution in [0.3, 0.4) is 0 Å². The van der Waals surface area contributed by atoms with E-state index in [1.54, 1.807) is 0 Å². The van der Waals surface area contributed by atoms with Gasteiger partial charge in [0.1, 0.15) is 5.58 Å². The molecule has 0 spiro atoms. The van der Waals surface area contributed by atoms with Crippen LogP contribution in [0.2, 0.25) is 5.02 Å². The molecule has 0 saturated carbocycles. The van der Waals surface area contributed by atoms with Crippen molar-refractivity contribution >= 4 is 44.2 Å². The Morgan fingerprint density at radius 2 is 1.84 bits per heavy atom. The average Bonchev–Trinajstić information content (AvgIpc) is 2.68. The number of carbonyl (C=O) groups excluding carboxylic acids is 1. The molecule has 31 heavy (non-hydrogen) atoms. The lowest BCUT2D eigenvalue weighted by Gasteiger charge is -2.17. The number of sulfonamides is 1. The van der Waals surface area contributed by atoms with Gasteiger partial charge in [-0.15, -0.1) is 0 Å². The fourth-order valence-electron chi connectivity index (χ4n) is 2.70. The molecule has 0 bridgehead atoms. The molecule has 0 radical (unpaired) electrons. The first-order valence-electron chi connectivity index (χ1n) is 8.55. The number of amides is 1. The first-order valence-corrected chi connectivity index (χ1v) is 10.4. The number of nitrogens with one attached hydrogen (secondary N) is 1. The third-order valence-electron chi connectivity index (χ3n) is 4.22. The fraction of sp³-hybridized carbons (Fsp3) is 0.158. The first-order chi connectivity index (χ1) is 14.4. The van der Waals surface area contributed by atoms with Crippen LogP contribution in [-0.2, 0) is 21.0 Å². The molecule has 1 amide bonds. The van der Waals surface area contributed by atoms with Gasteiger partial charge in [0.25, 0.3) is 0 Å². The van der Waals surface area contributed by atoms with E-state index in [0.29, 0.717) is 11.5 Å². The highest BCUT2D eigenvalue weighted by molar-refractivity contribution is 7.89. The van der Waals surface area contributed by atoms with Gasteiger partial charge in [-0.25, -0.2) is 13.2 Å². The summed E-state index contributed by atoms with van der Waals surface area (Å²) in [5.74, 6) is -0.853. The second-order valence-electron chi connectivity index (χ2n) is 6.46. The third kappa shape index (κ3) is 5.06. The van der Waals surface area contributed by atoms with E-state index >= 15 is 0 Å². The van der Waals surface area contributed by atoms with E-state index in [9.17, 15) is 31.2 Å². The predicted molar refractivity (Wildman–Crippen MR) is 107 cm³/mol. The minimum absolute atomic E-state index is 0.157. The summed E-state index contributed by atoms with van der Waals surface area (Å²) in [7, 11) is -2.97. The fourth-order valence-corrected chi connectivity index (χ4v) is 4.09. The zero-order valence-electron chi connectivity index (χ0n) is 15.7. The molecule has 0 atom stereocenters. The highest BCUT2D eigenvalue weighted by Crippen LogP contribution is 2.36. The van der Waals surface area contributed by atoms with Crippen LogP contribution in [0, 0.1) is 0 Å². The molecule has 1 heterocycles. The lowest BCUT2D eigenvalue weighted by molar-refractivity contribution is -0.137. The monoisotopic (exact) mass is 474 g/mol. The van der Waals surface area contributed by atoms with E-state index in [4.69, 9.17) is 16.0 Å². The van der Waals surface area contributed by atoms with Crippen molar-refractivity contribution in [2.75, 3.05) is 18.9 Å². The van der Waals surface area contributed by atoms with Gasteiger partial charge in [0.05, 0.1) is 22.0 Å². The number of nitrogens with zero attached hydrogens (tertiary/aromatic N) is 1. The standard InChI is InChI=1S/C19H14ClF3N2O5S/c1-25(10-17(26)24-12-3-5-15(20)14(9-12)19(21,22)23)31(28,29)13-4-6-16-11(8-13)2-7-18(27)30-16/h2-9H,10H2,1H3,(H,24,26). The van der Waals surface area contributed by atoms with Crippen molar-refractivity contribution in [2.45, 2.75) is 11.1 Å². The van der Waals surface area contributed by atoms with Crippen molar-refractivity contribution in [3.8, 4) is 0 Å². The van der Waals surface area contributed by atoms with Gasteiger partial charge in [-0.2, -0.15) is 17.5 Å². The quantitative estimate of drug-likeness (QED) is 0.568. The van der Waals surface area contributed by atoms with Gasteiger partial charge in [0, 0.05) is 24.2 Å². The SMILES string of the molecule is CN(CC(=O)Nc1ccc(Cl)c(C(F)(F)F)c1)S(=O)(=O)c1ccc2oc(=O)ccc2c1. The number of alkyl halides is 3. The summed E-state index contributed by atoms with van der Waals surface area (Å²) in [6.07, 6.45) is -4.72. The molecule has 12 heteroatoms. The van der Waals surface area contributed by atoms with Crippen LogP contribution in [0.25, 0.3) is 11.0 Å². The highest BCUT2D eigenvalue weighted by atomic mass is 35.5. The summed E-state index contributed by atoms with van der Waals surface area (Å²) in [5, 5.41) is 2.05. The Labute approximate surface area is 179 Å². The Bertz CT molecular complexity index is 1320. The molecule has 3 rings (SSSR count). The summed E-state index contributed by atoms with van der Waals surface area (Å²) in [6, 6.07) is 9.13. The molecule has 0 aliphatic heterocycles. The van der Waals surface area contributed by atoms with Crippen molar-refractivity contribution in [3.63, 3.8) is 0 Å². The molecule has 0 aliphatic carbocycles. The van der Waals surface area contributed by atoms with Crippen LogP contribution in [-0.4, -0.2) is 32.2 Å². The molecule has 7 nitrogen and oxygen atoms in total. The van der Waals surface area contributed by atoms with Crippen LogP contribution in [0.1, 0.15) is 5.56 Å². The Morgan fingerprint density at radius 1 is 1.13 bits per heavy atom. The van der Waals surface area contributed by atoms with E-state index in [0.717, 1.165) is 23.5 Å². The second-order valence-corrected chi connectivity index (χ2v) is 8.91. The minimum atomic E-state index is -4.72. The molecule has 1 N–H and O–H groups in total. The van der Waals surface area contributed by atoms with Gasteiger partial charge in [0.2, 0.25) is 15.9 Å². The van der Waals surface area contributed by atoms with E-state index in [1.807, 2.05) is 0 Å². The van der Waals surface area contributed by atoms with Crippen molar-refractivity contribution in [1.82, 2.24) is 4.31 Å². The predicted octanol–water partition coefficient (Wildman–Crippen LogP) is 3.72. The molecule has 164 valence electrons. The largest absolute Gasteiger partial charge is 0.423 e.